The average Bonchev–Trinajstić information content (AvgIpc) is 3.12. The molecule has 0 aliphatic carbocycles. The van der Waals surface area contributed by atoms with E-state index in [9.17, 15) is 4.79 Å². The van der Waals surface area contributed by atoms with Crippen molar-refractivity contribution in [1.82, 2.24) is 4.98 Å². The standard InChI is InChI=1S/C22H19N3O/c26-22(10-9-17-11-14-23-15-12-17)24-19-6-2-4-8-21(19)25-16-13-18-5-1-3-7-20(18)25/h1-12,14-15H,13,16H2,(H,24,26)/b10-9+. The number of carbonyl (C=O) groups is 1. The van der Waals surface area contributed by atoms with Crippen LogP contribution in [0.25, 0.3) is 6.08 Å². The fraction of sp³-hybridized carbons (Fsp3) is 0.0909. The molecule has 128 valence electrons. The molecule has 1 N–H and O–H groups in total. The summed E-state index contributed by atoms with van der Waals surface area (Å²) >= 11 is 0. The maximum absolute atomic E-state index is 12.4. The molecule has 4 rings (SSSR count). The van der Waals surface area contributed by atoms with Gasteiger partial charge in [0.25, 0.3) is 0 Å². The summed E-state index contributed by atoms with van der Waals surface area (Å²) in [7, 11) is 0. The predicted octanol–water partition coefficient (Wildman–Crippen LogP) is 4.43. The van der Waals surface area contributed by atoms with Crippen LogP contribution in [0.2, 0.25) is 0 Å². The van der Waals surface area contributed by atoms with Crippen LogP contribution in [0, 0.1) is 0 Å². The van der Waals surface area contributed by atoms with Gasteiger partial charge in [-0.15, -0.1) is 0 Å². The smallest absolute Gasteiger partial charge is 0.248 e. The van der Waals surface area contributed by atoms with Crippen molar-refractivity contribution in [3.63, 3.8) is 0 Å². The summed E-state index contributed by atoms with van der Waals surface area (Å²) in [4.78, 5) is 18.6. The van der Waals surface area contributed by atoms with Crippen LogP contribution >= 0.6 is 0 Å². The number of fused-ring (bicyclic) bond motifs is 1. The average molecular weight is 341 g/mol. The number of benzene rings is 2. The maximum atomic E-state index is 12.4. The van der Waals surface area contributed by atoms with Gasteiger partial charge in [0, 0.05) is 30.7 Å². The Morgan fingerprint density at radius 1 is 0.962 bits per heavy atom. The Hall–Kier alpha value is -3.40. The van der Waals surface area contributed by atoms with Crippen LogP contribution in [0.3, 0.4) is 0 Å². The van der Waals surface area contributed by atoms with E-state index in [4.69, 9.17) is 0 Å². The Morgan fingerprint density at radius 3 is 2.54 bits per heavy atom. The second-order valence-corrected chi connectivity index (χ2v) is 6.15. The zero-order valence-corrected chi connectivity index (χ0v) is 14.3. The number of hydrogen-bond acceptors (Lipinski definition) is 3. The fourth-order valence-corrected chi connectivity index (χ4v) is 3.22. The number of aromatic nitrogens is 1. The molecule has 1 amide bonds. The zero-order valence-electron chi connectivity index (χ0n) is 14.3. The molecule has 1 aliphatic rings. The largest absolute Gasteiger partial charge is 0.339 e. The highest BCUT2D eigenvalue weighted by Crippen LogP contribution is 2.38. The van der Waals surface area contributed by atoms with Crippen molar-refractivity contribution in [2.24, 2.45) is 0 Å². The lowest BCUT2D eigenvalue weighted by Crippen LogP contribution is -2.17. The van der Waals surface area contributed by atoms with Gasteiger partial charge in [0.2, 0.25) is 5.91 Å². The van der Waals surface area contributed by atoms with Gasteiger partial charge in [-0.1, -0.05) is 30.3 Å². The number of anilines is 3. The van der Waals surface area contributed by atoms with E-state index in [1.807, 2.05) is 36.4 Å². The lowest BCUT2D eigenvalue weighted by Gasteiger charge is -2.22. The van der Waals surface area contributed by atoms with E-state index in [2.05, 4.69) is 39.5 Å². The van der Waals surface area contributed by atoms with Crippen LogP contribution in [0.5, 0.6) is 0 Å². The summed E-state index contributed by atoms with van der Waals surface area (Å²) in [6.45, 7) is 0.916. The van der Waals surface area contributed by atoms with Crippen molar-refractivity contribution in [3.05, 3.63) is 90.3 Å². The number of rotatable bonds is 4. The summed E-state index contributed by atoms with van der Waals surface area (Å²) in [5.41, 5.74) is 5.32. The number of nitrogens with one attached hydrogen (secondary N) is 1. The molecule has 0 spiro atoms. The molecule has 4 nitrogen and oxygen atoms in total. The van der Waals surface area contributed by atoms with Gasteiger partial charge in [-0.05, 0) is 54.0 Å². The van der Waals surface area contributed by atoms with E-state index in [-0.39, 0.29) is 5.91 Å². The van der Waals surface area contributed by atoms with Gasteiger partial charge in [-0.25, -0.2) is 0 Å². The molecule has 4 heteroatoms. The quantitative estimate of drug-likeness (QED) is 0.714. The van der Waals surface area contributed by atoms with Crippen LogP contribution < -0.4 is 10.2 Å². The normalized spacial score (nSPS) is 13.0. The number of para-hydroxylation sites is 3. The number of hydrogen-bond donors (Lipinski definition) is 1. The number of nitrogens with zero attached hydrogens (tertiary/aromatic N) is 2. The van der Waals surface area contributed by atoms with Gasteiger partial charge in [0.1, 0.15) is 0 Å². The van der Waals surface area contributed by atoms with Crippen molar-refractivity contribution < 1.29 is 4.79 Å². The van der Waals surface area contributed by atoms with Gasteiger partial charge in [0.15, 0.2) is 0 Å². The van der Waals surface area contributed by atoms with E-state index in [0.29, 0.717) is 0 Å². The minimum absolute atomic E-state index is 0.151. The van der Waals surface area contributed by atoms with Gasteiger partial charge >= 0.3 is 0 Å². The van der Waals surface area contributed by atoms with Crippen LogP contribution in [0.4, 0.5) is 17.1 Å². The van der Waals surface area contributed by atoms with Crippen molar-refractivity contribution in [3.8, 4) is 0 Å². The van der Waals surface area contributed by atoms with Gasteiger partial charge in [0.05, 0.1) is 11.4 Å². The highest BCUT2D eigenvalue weighted by Gasteiger charge is 2.21. The van der Waals surface area contributed by atoms with Crippen LogP contribution in [-0.2, 0) is 11.2 Å². The summed E-state index contributed by atoms with van der Waals surface area (Å²) in [6.07, 6.45) is 7.75. The first-order chi connectivity index (χ1) is 12.8. The van der Waals surface area contributed by atoms with Gasteiger partial charge in [-0.3, -0.25) is 9.78 Å². The van der Waals surface area contributed by atoms with Gasteiger partial charge < -0.3 is 10.2 Å². The first kappa shape index (κ1) is 16.1. The third-order valence-electron chi connectivity index (χ3n) is 4.47. The predicted molar refractivity (Wildman–Crippen MR) is 105 cm³/mol. The Bertz CT molecular complexity index is 950. The number of pyridine rings is 1. The fourth-order valence-electron chi connectivity index (χ4n) is 3.22. The van der Waals surface area contributed by atoms with Gasteiger partial charge in [-0.2, -0.15) is 0 Å². The molecule has 1 aromatic heterocycles. The number of amides is 1. The zero-order chi connectivity index (χ0) is 17.8. The third-order valence-corrected chi connectivity index (χ3v) is 4.47. The molecule has 3 aromatic rings. The first-order valence-electron chi connectivity index (χ1n) is 8.65. The lowest BCUT2D eigenvalue weighted by atomic mass is 10.1. The molecule has 0 saturated heterocycles. The molecule has 2 heterocycles. The molecule has 1 aliphatic heterocycles. The van der Waals surface area contributed by atoms with Crippen molar-refractivity contribution in [1.29, 1.82) is 0 Å². The summed E-state index contributed by atoms with van der Waals surface area (Å²) in [5.74, 6) is -0.151. The Morgan fingerprint density at radius 2 is 1.69 bits per heavy atom. The molecular formula is C22H19N3O. The molecule has 0 bridgehead atoms. The monoisotopic (exact) mass is 341 g/mol. The highest BCUT2D eigenvalue weighted by molar-refractivity contribution is 6.04. The van der Waals surface area contributed by atoms with Crippen LogP contribution in [-0.4, -0.2) is 17.4 Å². The van der Waals surface area contributed by atoms with Crippen LogP contribution in [0.15, 0.2) is 79.1 Å². The first-order valence-corrected chi connectivity index (χ1v) is 8.65. The summed E-state index contributed by atoms with van der Waals surface area (Å²) in [5, 5.41) is 3.01. The number of carbonyl (C=O) groups excluding carboxylic acids is 1. The molecule has 0 unspecified atom stereocenters. The summed E-state index contributed by atoms with van der Waals surface area (Å²) in [6, 6.07) is 20.1. The lowest BCUT2D eigenvalue weighted by molar-refractivity contribution is -0.111. The SMILES string of the molecule is O=C(/C=C/c1ccncc1)Nc1ccccc1N1CCc2ccccc21. The Labute approximate surface area is 152 Å². The van der Waals surface area contributed by atoms with Crippen LogP contribution in [0.1, 0.15) is 11.1 Å². The van der Waals surface area contributed by atoms with E-state index < -0.39 is 0 Å². The van der Waals surface area contributed by atoms with Crippen molar-refractivity contribution in [2.75, 3.05) is 16.8 Å². The van der Waals surface area contributed by atoms with E-state index in [1.54, 1.807) is 24.5 Å². The summed E-state index contributed by atoms with van der Waals surface area (Å²) < 4.78 is 0. The maximum Gasteiger partial charge on any atom is 0.248 e. The topological polar surface area (TPSA) is 45.2 Å². The third kappa shape index (κ3) is 3.35. The Kier molecular flexibility index (Phi) is 4.48. The Balaban J connectivity index is 1.55. The minimum Gasteiger partial charge on any atom is -0.339 e. The van der Waals surface area contributed by atoms with E-state index in [1.165, 1.54) is 11.3 Å². The second kappa shape index (κ2) is 7.23. The molecule has 0 fully saturated rings. The van der Waals surface area contributed by atoms with E-state index in [0.717, 1.165) is 29.9 Å². The van der Waals surface area contributed by atoms with Crippen molar-refractivity contribution >= 4 is 29.0 Å². The molecule has 26 heavy (non-hydrogen) atoms. The molecule has 0 saturated carbocycles. The minimum atomic E-state index is -0.151. The molecule has 2 aromatic carbocycles. The molecule has 0 radical (unpaired) electrons. The van der Waals surface area contributed by atoms with E-state index >= 15 is 0 Å². The molecular weight excluding hydrogens is 322 g/mol. The molecule has 0 atom stereocenters. The second-order valence-electron chi connectivity index (χ2n) is 6.15. The van der Waals surface area contributed by atoms with Crippen molar-refractivity contribution in [2.45, 2.75) is 6.42 Å². The highest BCUT2D eigenvalue weighted by atomic mass is 16.1.